The van der Waals surface area contributed by atoms with Crippen molar-refractivity contribution in [3.05, 3.63) is 42.5 Å². The van der Waals surface area contributed by atoms with Crippen LogP contribution in [-0.2, 0) is 10.0 Å². The van der Waals surface area contributed by atoms with Gasteiger partial charge in [0.15, 0.2) is 0 Å². The number of piperidine rings is 1. The van der Waals surface area contributed by atoms with Gasteiger partial charge in [-0.2, -0.15) is 0 Å². The largest absolute Gasteiger partial charge is 0.317 e. The molecular weight excluding hydrogens is 332 g/mol. The molecule has 1 aliphatic heterocycles. The van der Waals surface area contributed by atoms with Crippen molar-refractivity contribution in [1.82, 2.24) is 9.62 Å². The molecule has 3 rings (SSSR count). The molecule has 0 bridgehead atoms. The molecule has 1 aliphatic rings. The maximum atomic E-state index is 13.0. The fraction of sp³-hybridized carbons (Fsp3) is 0.500. The molecule has 2 aromatic rings. The minimum atomic E-state index is -3.45. The van der Waals surface area contributed by atoms with Crippen LogP contribution < -0.4 is 5.32 Å². The third-order valence-electron chi connectivity index (χ3n) is 5.23. The summed E-state index contributed by atoms with van der Waals surface area (Å²) in [6, 6.07) is 13.1. The Labute approximate surface area is 151 Å². The molecule has 1 fully saturated rings. The molecule has 5 heteroatoms. The van der Waals surface area contributed by atoms with Gasteiger partial charge >= 0.3 is 0 Å². The molecule has 0 aliphatic carbocycles. The van der Waals surface area contributed by atoms with Crippen molar-refractivity contribution < 1.29 is 8.42 Å². The van der Waals surface area contributed by atoms with E-state index in [0.717, 1.165) is 42.6 Å². The van der Waals surface area contributed by atoms with Gasteiger partial charge in [-0.25, -0.2) is 12.7 Å². The predicted octanol–water partition coefficient (Wildman–Crippen LogP) is 3.63. The average Bonchev–Trinajstić information content (AvgIpc) is 2.65. The van der Waals surface area contributed by atoms with E-state index in [-0.39, 0.29) is 0 Å². The maximum Gasteiger partial charge on any atom is 0.243 e. The van der Waals surface area contributed by atoms with Gasteiger partial charge in [-0.3, -0.25) is 0 Å². The summed E-state index contributed by atoms with van der Waals surface area (Å²) < 4.78 is 27.4. The molecule has 136 valence electrons. The Morgan fingerprint density at radius 1 is 1.04 bits per heavy atom. The molecule has 0 spiro atoms. The Kier molecular flexibility index (Phi) is 6.10. The second-order valence-electron chi connectivity index (χ2n) is 6.99. The minimum absolute atomic E-state index is 0.409. The highest BCUT2D eigenvalue weighted by atomic mass is 32.2. The van der Waals surface area contributed by atoms with Crippen molar-refractivity contribution in [2.24, 2.45) is 5.92 Å². The van der Waals surface area contributed by atoms with Crippen molar-refractivity contribution in [2.45, 2.75) is 37.0 Å². The van der Waals surface area contributed by atoms with Gasteiger partial charge in [-0.05, 0) is 49.7 Å². The number of nitrogens with one attached hydrogen (secondary N) is 1. The smallest absolute Gasteiger partial charge is 0.243 e. The van der Waals surface area contributed by atoms with Crippen LogP contribution in [0.1, 0.15) is 32.1 Å². The van der Waals surface area contributed by atoms with Crippen molar-refractivity contribution >= 4 is 20.8 Å². The molecular formula is C20H28N2O2S. The summed E-state index contributed by atoms with van der Waals surface area (Å²) in [6.45, 7) is 2.83. The van der Waals surface area contributed by atoms with Crippen molar-refractivity contribution in [2.75, 3.05) is 26.7 Å². The Balaban J connectivity index is 1.61. The van der Waals surface area contributed by atoms with Crippen LogP contribution in [0.5, 0.6) is 0 Å². The standard InChI is InChI=1S/C20H28N2O2S/c1-22(16-5-4-7-17-12-14-21-15-13-17)25(23,24)20-11-6-9-18-8-2-3-10-19(18)20/h2-3,6,8-11,17,21H,4-5,7,12-16H2,1H3. The lowest BCUT2D eigenvalue weighted by molar-refractivity contribution is 0.338. The summed E-state index contributed by atoms with van der Waals surface area (Å²) >= 11 is 0. The normalized spacial score (nSPS) is 16.6. The van der Waals surface area contributed by atoms with E-state index in [9.17, 15) is 8.42 Å². The fourth-order valence-electron chi connectivity index (χ4n) is 3.65. The zero-order valence-electron chi connectivity index (χ0n) is 14.9. The van der Waals surface area contributed by atoms with Crippen LogP contribution in [0.25, 0.3) is 10.8 Å². The number of hydrogen-bond donors (Lipinski definition) is 1. The van der Waals surface area contributed by atoms with Crippen LogP contribution in [0.15, 0.2) is 47.4 Å². The third-order valence-corrected chi connectivity index (χ3v) is 7.15. The molecule has 0 saturated carbocycles. The van der Waals surface area contributed by atoms with E-state index in [4.69, 9.17) is 0 Å². The Bertz CT molecular complexity index is 793. The first-order valence-corrected chi connectivity index (χ1v) is 10.7. The highest BCUT2D eigenvalue weighted by Crippen LogP contribution is 2.25. The molecule has 0 unspecified atom stereocenters. The first-order chi connectivity index (χ1) is 12.1. The monoisotopic (exact) mass is 360 g/mol. The molecule has 4 nitrogen and oxygen atoms in total. The van der Waals surface area contributed by atoms with E-state index in [0.29, 0.717) is 11.4 Å². The number of rotatable bonds is 7. The molecule has 2 aromatic carbocycles. The summed E-state index contributed by atoms with van der Waals surface area (Å²) in [6.07, 6.45) is 5.74. The topological polar surface area (TPSA) is 49.4 Å². The molecule has 0 aromatic heterocycles. The maximum absolute atomic E-state index is 13.0. The quantitative estimate of drug-likeness (QED) is 0.767. The van der Waals surface area contributed by atoms with Gasteiger partial charge in [0.05, 0.1) is 4.90 Å². The number of benzene rings is 2. The summed E-state index contributed by atoms with van der Waals surface area (Å²) in [7, 11) is -1.75. The highest BCUT2D eigenvalue weighted by Gasteiger charge is 2.22. The van der Waals surface area contributed by atoms with E-state index < -0.39 is 10.0 Å². The predicted molar refractivity (Wildman–Crippen MR) is 103 cm³/mol. The molecule has 0 atom stereocenters. The molecule has 1 N–H and O–H groups in total. The lowest BCUT2D eigenvalue weighted by atomic mass is 9.92. The van der Waals surface area contributed by atoms with Crippen LogP contribution in [0.4, 0.5) is 0 Å². The van der Waals surface area contributed by atoms with Crippen LogP contribution >= 0.6 is 0 Å². The van der Waals surface area contributed by atoms with Crippen LogP contribution in [0.3, 0.4) is 0 Å². The second-order valence-corrected chi connectivity index (χ2v) is 9.01. The van der Waals surface area contributed by atoms with Gasteiger partial charge in [-0.15, -0.1) is 0 Å². The molecule has 0 amide bonds. The Hall–Kier alpha value is -1.43. The van der Waals surface area contributed by atoms with E-state index in [1.807, 2.05) is 36.4 Å². The Morgan fingerprint density at radius 2 is 1.76 bits per heavy atom. The molecule has 1 saturated heterocycles. The van der Waals surface area contributed by atoms with Gasteiger partial charge in [0.2, 0.25) is 10.0 Å². The highest BCUT2D eigenvalue weighted by molar-refractivity contribution is 7.89. The average molecular weight is 361 g/mol. The van der Waals surface area contributed by atoms with E-state index in [1.54, 1.807) is 13.1 Å². The van der Waals surface area contributed by atoms with E-state index in [1.165, 1.54) is 23.6 Å². The lowest BCUT2D eigenvalue weighted by Gasteiger charge is -2.23. The number of fused-ring (bicyclic) bond motifs is 1. The first kappa shape index (κ1) is 18.4. The van der Waals surface area contributed by atoms with Crippen LogP contribution in [0.2, 0.25) is 0 Å². The number of sulfonamides is 1. The fourth-order valence-corrected chi connectivity index (χ4v) is 5.07. The summed E-state index contributed by atoms with van der Waals surface area (Å²) in [5, 5.41) is 5.15. The van der Waals surface area contributed by atoms with Crippen molar-refractivity contribution in [3.63, 3.8) is 0 Å². The summed E-state index contributed by atoms with van der Waals surface area (Å²) in [5.74, 6) is 0.807. The molecule has 25 heavy (non-hydrogen) atoms. The van der Waals surface area contributed by atoms with Gasteiger partial charge in [-0.1, -0.05) is 49.2 Å². The second kappa shape index (κ2) is 8.30. The Morgan fingerprint density at radius 3 is 2.56 bits per heavy atom. The number of unbranched alkanes of at least 4 members (excludes halogenated alkanes) is 1. The van der Waals surface area contributed by atoms with Crippen LogP contribution in [0, 0.1) is 5.92 Å². The number of nitrogens with zero attached hydrogens (tertiary/aromatic N) is 1. The summed E-state index contributed by atoms with van der Waals surface area (Å²) in [5.41, 5.74) is 0. The number of hydrogen-bond acceptors (Lipinski definition) is 3. The SMILES string of the molecule is CN(CCCCC1CCNCC1)S(=O)(=O)c1cccc2ccccc12. The van der Waals surface area contributed by atoms with Gasteiger partial charge in [0, 0.05) is 19.0 Å². The van der Waals surface area contributed by atoms with Gasteiger partial charge < -0.3 is 5.32 Å². The first-order valence-electron chi connectivity index (χ1n) is 9.24. The minimum Gasteiger partial charge on any atom is -0.317 e. The van der Waals surface area contributed by atoms with Gasteiger partial charge in [0.25, 0.3) is 0 Å². The van der Waals surface area contributed by atoms with E-state index in [2.05, 4.69) is 5.32 Å². The summed E-state index contributed by atoms with van der Waals surface area (Å²) in [4.78, 5) is 0.409. The molecule has 0 radical (unpaired) electrons. The van der Waals surface area contributed by atoms with Gasteiger partial charge in [0.1, 0.15) is 0 Å². The van der Waals surface area contributed by atoms with Crippen LogP contribution in [-0.4, -0.2) is 39.4 Å². The molecule has 1 heterocycles. The third kappa shape index (κ3) is 4.40. The van der Waals surface area contributed by atoms with Crippen molar-refractivity contribution in [1.29, 1.82) is 0 Å². The van der Waals surface area contributed by atoms with E-state index >= 15 is 0 Å². The zero-order valence-corrected chi connectivity index (χ0v) is 15.8. The lowest BCUT2D eigenvalue weighted by Crippen LogP contribution is -2.29. The van der Waals surface area contributed by atoms with Crippen molar-refractivity contribution in [3.8, 4) is 0 Å². The zero-order chi connectivity index (χ0) is 17.7.